The first-order valence-corrected chi connectivity index (χ1v) is 6.06. The molecule has 0 atom stereocenters. The summed E-state index contributed by atoms with van der Waals surface area (Å²) in [5.41, 5.74) is 9.04. The number of aryl methyl sites for hydroxylation is 1. The summed E-state index contributed by atoms with van der Waals surface area (Å²) in [6.07, 6.45) is 0. The predicted octanol–water partition coefficient (Wildman–Crippen LogP) is 3.97. The van der Waals surface area contributed by atoms with E-state index in [2.05, 4.69) is 0 Å². The van der Waals surface area contributed by atoms with Crippen LogP contribution < -0.4 is 10.5 Å². The number of hydrogen-bond donors (Lipinski definition) is 1. The molecule has 0 saturated carbocycles. The number of thiophene rings is 1. The van der Waals surface area contributed by atoms with Crippen LogP contribution in [0.15, 0.2) is 23.6 Å². The van der Waals surface area contributed by atoms with Crippen molar-refractivity contribution in [2.24, 2.45) is 0 Å². The van der Waals surface area contributed by atoms with Crippen molar-refractivity contribution in [3.63, 3.8) is 0 Å². The van der Waals surface area contributed by atoms with Gasteiger partial charge in [-0.05, 0) is 41.8 Å². The maximum Gasteiger partial charge on any atom is 0.137 e. The monoisotopic (exact) mass is 253 g/mol. The lowest BCUT2D eigenvalue weighted by molar-refractivity contribution is 0.415. The number of rotatable bonds is 2. The Morgan fingerprint density at radius 2 is 2.06 bits per heavy atom. The van der Waals surface area contributed by atoms with Crippen LogP contribution in [0.25, 0.3) is 11.1 Å². The van der Waals surface area contributed by atoms with Gasteiger partial charge in [-0.25, -0.2) is 0 Å². The van der Waals surface area contributed by atoms with Gasteiger partial charge in [0.2, 0.25) is 0 Å². The minimum absolute atomic E-state index is 0.618. The average Bonchev–Trinajstić information content (AvgIpc) is 2.67. The second kappa shape index (κ2) is 4.36. The van der Waals surface area contributed by atoms with Crippen molar-refractivity contribution in [3.05, 3.63) is 34.2 Å². The average molecular weight is 254 g/mol. The van der Waals surface area contributed by atoms with Crippen LogP contribution in [0, 0.1) is 6.92 Å². The predicted molar refractivity (Wildman–Crippen MR) is 70.5 cm³/mol. The molecule has 0 fully saturated rings. The Balaban J connectivity index is 2.54. The minimum atomic E-state index is 0.618. The molecule has 0 radical (unpaired) electrons. The highest BCUT2D eigenvalue weighted by Crippen LogP contribution is 2.35. The van der Waals surface area contributed by atoms with Crippen molar-refractivity contribution in [2.45, 2.75) is 6.92 Å². The highest BCUT2D eigenvalue weighted by atomic mass is 35.5. The number of benzene rings is 1. The Morgan fingerprint density at radius 1 is 1.31 bits per heavy atom. The number of halogens is 1. The molecular formula is C12H12ClNOS. The molecule has 0 aliphatic carbocycles. The molecule has 0 saturated heterocycles. The van der Waals surface area contributed by atoms with Crippen molar-refractivity contribution in [3.8, 4) is 16.9 Å². The molecule has 4 heteroatoms. The summed E-state index contributed by atoms with van der Waals surface area (Å²) in [4.78, 5) is 0. The fourth-order valence-electron chi connectivity index (χ4n) is 1.62. The first-order chi connectivity index (χ1) is 7.61. The van der Waals surface area contributed by atoms with E-state index < -0.39 is 0 Å². The molecule has 2 nitrogen and oxygen atoms in total. The molecule has 84 valence electrons. The summed E-state index contributed by atoms with van der Waals surface area (Å²) in [7, 11) is 1.61. The number of nitrogen functional groups attached to an aromatic ring is 1. The van der Waals surface area contributed by atoms with Crippen LogP contribution in [0.2, 0.25) is 5.02 Å². The van der Waals surface area contributed by atoms with E-state index in [1.807, 2.05) is 30.5 Å². The quantitative estimate of drug-likeness (QED) is 0.879. The topological polar surface area (TPSA) is 35.2 Å². The molecule has 16 heavy (non-hydrogen) atoms. The van der Waals surface area contributed by atoms with Gasteiger partial charge in [-0.2, -0.15) is 0 Å². The van der Waals surface area contributed by atoms with E-state index in [0.717, 1.165) is 21.7 Å². The van der Waals surface area contributed by atoms with Crippen molar-refractivity contribution >= 4 is 27.9 Å². The molecule has 1 aromatic carbocycles. The van der Waals surface area contributed by atoms with Gasteiger partial charge in [0.1, 0.15) is 5.75 Å². The molecule has 1 aromatic heterocycles. The molecule has 0 aliphatic heterocycles. The van der Waals surface area contributed by atoms with E-state index in [0.29, 0.717) is 10.8 Å². The number of nitrogens with two attached hydrogens (primary N) is 1. The van der Waals surface area contributed by atoms with E-state index >= 15 is 0 Å². The van der Waals surface area contributed by atoms with Gasteiger partial charge in [-0.3, -0.25) is 0 Å². The van der Waals surface area contributed by atoms with Gasteiger partial charge < -0.3 is 10.5 Å². The Labute approximate surface area is 104 Å². The maximum absolute atomic E-state index is 6.11. The van der Waals surface area contributed by atoms with Crippen molar-refractivity contribution in [2.75, 3.05) is 12.8 Å². The van der Waals surface area contributed by atoms with E-state index in [-0.39, 0.29) is 0 Å². The van der Waals surface area contributed by atoms with Crippen LogP contribution in [-0.2, 0) is 0 Å². The molecule has 0 amide bonds. The van der Waals surface area contributed by atoms with Gasteiger partial charge in [0.15, 0.2) is 0 Å². The Kier molecular flexibility index (Phi) is 3.08. The molecule has 2 rings (SSSR count). The third-order valence-corrected chi connectivity index (χ3v) is 3.49. The number of methoxy groups -OCH3 is 1. The van der Waals surface area contributed by atoms with Gasteiger partial charge in [0.05, 0.1) is 17.1 Å². The summed E-state index contributed by atoms with van der Waals surface area (Å²) >= 11 is 7.63. The lowest BCUT2D eigenvalue weighted by Gasteiger charge is -2.08. The number of ether oxygens (including phenoxy) is 1. The first-order valence-electron chi connectivity index (χ1n) is 4.80. The summed E-state index contributed by atoms with van der Waals surface area (Å²) in [6, 6.07) is 5.80. The second-order valence-corrected chi connectivity index (χ2v) is 4.89. The standard InChI is InChI=1S/C12H12ClNOS/c1-7-3-11(15-2)10(13)5-9(7)8-4-12(14)16-6-8/h3-6H,14H2,1-2H3. The highest BCUT2D eigenvalue weighted by Gasteiger charge is 2.09. The zero-order chi connectivity index (χ0) is 11.7. The summed E-state index contributed by atoms with van der Waals surface area (Å²) in [5.74, 6) is 0.700. The molecule has 0 spiro atoms. The van der Waals surface area contributed by atoms with E-state index in [4.69, 9.17) is 22.1 Å². The third kappa shape index (κ3) is 2.01. The smallest absolute Gasteiger partial charge is 0.137 e. The van der Waals surface area contributed by atoms with E-state index in [1.165, 1.54) is 11.3 Å². The first kappa shape index (κ1) is 11.3. The van der Waals surface area contributed by atoms with Crippen molar-refractivity contribution < 1.29 is 4.74 Å². The summed E-state index contributed by atoms with van der Waals surface area (Å²) in [6.45, 7) is 2.03. The second-order valence-electron chi connectivity index (χ2n) is 3.54. The van der Waals surface area contributed by atoms with Crippen LogP contribution in [0.5, 0.6) is 5.75 Å². The van der Waals surface area contributed by atoms with Crippen LogP contribution in [-0.4, -0.2) is 7.11 Å². The number of hydrogen-bond acceptors (Lipinski definition) is 3. The van der Waals surface area contributed by atoms with Crippen LogP contribution in [0.3, 0.4) is 0 Å². The van der Waals surface area contributed by atoms with Crippen LogP contribution in [0.1, 0.15) is 5.56 Å². The fourth-order valence-corrected chi connectivity index (χ4v) is 2.51. The molecule has 2 aromatic rings. The Hall–Kier alpha value is -1.19. The van der Waals surface area contributed by atoms with E-state index in [9.17, 15) is 0 Å². The minimum Gasteiger partial charge on any atom is -0.495 e. The molecule has 2 N–H and O–H groups in total. The third-order valence-electron chi connectivity index (χ3n) is 2.43. The van der Waals surface area contributed by atoms with Crippen molar-refractivity contribution in [1.82, 2.24) is 0 Å². The maximum atomic E-state index is 6.11. The molecule has 0 aliphatic rings. The van der Waals surface area contributed by atoms with E-state index in [1.54, 1.807) is 7.11 Å². The SMILES string of the molecule is COc1cc(C)c(-c2csc(N)c2)cc1Cl. The lowest BCUT2D eigenvalue weighted by Crippen LogP contribution is -1.88. The fraction of sp³-hybridized carbons (Fsp3) is 0.167. The summed E-state index contributed by atoms with van der Waals surface area (Å²) < 4.78 is 5.17. The van der Waals surface area contributed by atoms with Gasteiger partial charge in [-0.15, -0.1) is 11.3 Å². The molecule has 0 bridgehead atoms. The normalized spacial score (nSPS) is 10.4. The van der Waals surface area contributed by atoms with Crippen LogP contribution >= 0.6 is 22.9 Å². The van der Waals surface area contributed by atoms with Crippen LogP contribution in [0.4, 0.5) is 5.00 Å². The zero-order valence-corrected chi connectivity index (χ0v) is 10.7. The molecular weight excluding hydrogens is 242 g/mol. The Morgan fingerprint density at radius 3 is 2.62 bits per heavy atom. The molecule has 1 heterocycles. The van der Waals surface area contributed by atoms with Gasteiger partial charge in [0.25, 0.3) is 0 Å². The molecule has 0 unspecified atom stereocenters. The highest BCUT2D eigenvalue weighted by molar-refractivity contribution is 7.14. The lowest BCUT2D eigenvalue weighted by atomic mass is 10.0. The Bertz CT molecular complexity index is 522. The van der Waals surface area contributed by atoms with Crippen molar-refractivity contribution in [1.29, 1.82) is 0 Å². The summed E-state index contributed by atoms with van der Waals surface area (Å²) in [5, 5.41) is 3.45. The number of anilines is 1. The van der Waals surface area contributed by atoms with Gasteiger partial charge in [-0.1, -0.05) is 11.6 Å². The largest absolute Gasteiger partial charge is 0.495 e. The van der Waals surface area contributed by atoms with Gasteiger partial charge in [0, 0.05) is 5.38 Å². The zero-order valence-electron chi connectivity index (χ0n) is 9.08. The van der Waals surface area contributed by atoms with Gasteiger partial charge >= 0.3 is 0 Å².